The second-order valence-electron chi connectivity index (χ2n) is 5.46. The van der Waals surface area contributed by atoms with E-state index < -0.39 is 0 Å². The second kappa shape index (κ2) is 4.85. The Morgan fingerprint density at radius 2 is 1.50 bits per heavy atom. The Morgan fingerprint density at radius 1 is 0.864 bits per heavy atom. The smallest absolute Gasteiger partial charge is 0.243 e. The fourth-order valence-electron chi connectivity index (χ4n) is 3.15. The van der Waals surface area contributed by atoms with Crippen molar-refractivity contribution in [3.8, 4) is 0 Å². The molecular formula is C20H15NO. The van der Waals surface area contributed by atoms with Gasteiger partial charge >= 0.3 is 0 Å². The summed E-state index contributed by atoms with van der Waals surface area (Å²) in [7, 11) is 1.64. The summed E-state index contributed by atoms with van der Waals surface area (Å²) in [6.07, 6.45) is 3.46. The summed E-state index contributed by atoms with van der Waals surface area (Å²) in [4.78, 5) is 11.5. The molecular weight excluding hydrogens is 270 g/mol. The Balaban J connectivity index is 2.08. The first kappa shape index (κ1) is 12.8. The van der Waals surface area contributed by atoms with Crippen LogP contribution in [-0.2, 0) is 4.79 Å². The number of likely N-dealkylation sites (N-methyl/N-ethyl adjacent to an activating group) is 1. The predicted molar refractivity (Wildman–Crippen MR) is 93.2 cm³/mol. The van der Waals surface area contributed by atoms with Gasteiger partial charge in [-0.2, -0.15) is 0 Å². The molecule has 4 rings (SSSR count). The van der Waals surface area contributed by atoms with E-state index in [0.29, 0.717) is 0 Å². The Labute approximate surface area is 128 Å². The van der Waals surface area contributed by atoms with Crippen LogP contribution in [0.5, 0.6) is 0 Å². The summed E-state index contributed by atoms with van der Waals surface area (Å²) in [5, 5.41) is 10.1. The van der Waals surface area contributed by atoms with Crippen molar-refractivity contribution in [1.82, 2.24) is 5.32 Å². The van der Waals surface area contributed by atoms with Gasteiger partial charge < -0.3 is 5.32 Å². The minimum Gasteiger partial charge on any atom is -0.356 e. The summed E-state index contributed by atoms with van der Waals surface area (Å²) in [5.74, 6) is -0.0919. The average molecular weight is 285 g/mol. The number of amides is 1. The molecule has 2 nitrogen and oxygen atoms in total. The van der Waals surface area contributed by atoms with Crippen molar-refractivity contribution < 1.29 is 4.79 Å². The molecule has 0 spiro atoms. The van der Waals surface area contributed by atoms with Crippen LogP contribution in [0.2, 0.25) is 0 Å². The standard InChI is InChI=1S/C20H15NO/c1-21-18(22)12-10-13-5-6-16-8-7-14-3-2-4-15-9-11-17(13)20(16)19(14)15/h2-12H,1H3,(H,21,22)/b12-10+. The van der Waals surface area contributed by atoms with E-state index in [9.17, 15) is 4.79 Å². The Morgan fingerprint density at radius 3 is 2.23 bits per heavy atom. The first-order valence-corrected chi connectivity index (χ1v) is 7.34. The van der Waals surface area contributed by atoms with Crippen LogP contribution < -0.4 is 5.32 Å². The lowest BCUT2D eigenvalue weighted by Gasteiger charge is -2.12. The SMILES string of the molecule is CNC(=O)/C=C/c1ccc2ccc3cccc4ccc1c2c34. The zero-order valence-electron chi connectivity index (χ0n) is 12.3. The third kappa shape index (κ3) is 1.85. The molecule has 1 N–H and O–H groups in total. The molecule has 106 valence electrons. The van der Waals surface area contributed by atoms with Crippen LogP contribution in [0.4, 0.5) is 0 Å². The van der Waals surface area contributed by atoms with Crippen molar-refractivity contribution in [1.29, 1.82) is 0 Å². The van der Waals surface area contributed by atoms with E-state index in [1.54, 1.807) is 13.1 Å². The van der Waals surface area contributed by atoms with Gasteiger partial charge in [0, 0.05) is 13.1 Å². The number of benzene rings is 4. The van der Waals surface area contributed by atoms with Crippen molar-refractivity contribution in [3.63, 3.8) is 0 Å². The zero-order chi connectivity index (χ0) is 15.1. The summed E-state index contributed by atoms with van der Waals surface area (Å²) in [6, 6.07) is 19.2. The first-order valence-electron chi connectivity index (χ1n) is 7.34. The Hall–Kier alpha value is -2.87. The number of hydrogen-bond donors (Lipinski definition) is 1. The fraction of sp³-hybridized carbons (Fsp3) is 0.0500. The first-order chi connectivity index (χ1) is 10.8. The molecule has 4 aromatic rings. The van der Waals surface area contributed by atoms with Gasteiger partial charge in [0.05, 0.1) is 0 Å². The van der Waals surface area contributed by atoms with E-state index in [0.717, 1.165) is 5.56 Å². The molecule has 0 aliphatic heterocycles. The van der Waals surface area contributed by atoms with E-state index in [2.05, 4.69) is 59.9 Å². The monoisotopic (exact) mass is 285 g/mol. The van der Waals surface area contributed by atoms with Crippen LogP contribution in [0.25, 0.3) is 38.4 Å². The summed E-state index contributed by atoms with van der Waals surface area (Å²) in [5.41, 5.74) is 1.06. The normalized spacial score (nSPS) is 11.9. The molecule has 0 radical (unpaired) electrons. The molecule has 0 atom stereocenters. The van der Waals surface area contributed by atoms with Gasteiger partial charge in [-0.3, -0.25) is 4.79 Å². The van der Waals surface area contributed by atoms with E-state index in [1.165, 1.54) is 32.3 Å². The summed E-state index contributed by atoms with van der Waals surface area (Å²) >= 11 is 0. The van der Waals surface area contributed by atoms with Gasteiger partial charge in [-0.05, 0) is 44.0 Å². The topological polar surface area (TPSA) is 29.1 Å². The van der Waals surface area contributed by atoms with Crippen LogP contribution in [0.15, 0.2) is 60.7 Å². The fourth-order valence-corrected chi connectivity index (χ4v) is 3.15. The van der Waals surface area contributed by atoms with Crippen LogP contribution in [0, 0.1) is 0 Å². The Kier molecular flexibility index (Phi) is 2.83. The highest BCUT2D eigenvalue weighted by atomic mass is 16.1. The third-order valence-corrected chi connectivity index (χ3v) is 4.22. The van der Waals surface area contributed by atoms with Crippen molar-refractivity contribution in [3.05, 3.63) is 66.2 Å². The van der Waals surface area contributed by atoms with Gasteiger partial charge in [0.1, 0.15) is 0 Å². The van der Waals surface area contributed by atoms with Crippen molar-refractivity contribution in [2.24, 2.45) is 0 Å². The maximum Gasteiger partial charge on any atom is 0.243 e. The molecule has 0 heterocycles. The minimum absolute atomic E-state index is 0.0919. The molecule has 0 unspecified atom stereocenters. The lowest BCUT2D eigenvalue weighted by atomic mass is 9.92. The van der Waals surface area contributed by atoms with E-state index in [4.69, 9.17) is 0 Å². The zero-order valence-corrected chi connectivity index (χ0v) is 12.3. The summed E-state index contributed by atoms with van der Waals surface area (Å²) in [6.45, 7) is 0. The van der Waals surface area contributed by atoms with Gasteiger partial charge in [-0.1, -0.05) is 54.6 Å². The van der Waals surface area contributed by atoms with Crippen LogP contribution >= 0.6 is 0 Å². The molecule has 0 saturated carbocycles. The highest BCUT2D eigenvalue weighted by Crippen LogP contribution is 2.36. The molecule has 0 saturated heterocycles. The van der Waals surface area contributed by atoms with E-state index in [-0.39, 0.29) is 5.91 Å². The average Bonchev–Trinajstić information content (AvgIpc) is 2.58. The third-order valence-electron chi connectivity index (χ3n) is 4.22. The second-order valence-corrected chi connectivity index (χ2v) is 5.46. The molecule has 1 amide bonds. The van der Waals surface area contributed by atoms with Gasteiger partial charge in [0.25, 0.3) is 0 Å². The predicted octanol–water partition coefficient (Wildman–Crippen LogP) is 4.34. The quantitative estimate of drug-likeness (QED) is 0.431. The molecule has 0 fully saturated rings. The van der Waals surface area contributed by atoms with Gasteiger partial charge in [0.15, 0.2) is 0 Å². The van der Waals surface area contributed by atoms with Crippen molar-refractivity contribution in [2.45, 2.75) is 0 Å². The maximum absolute atomic E-state index is 11.5. The van der Waals surface area contributed by atoms with Gasteiger partial charge in [-0.15, -0.1) is 0 Å². The largest absolute Gasteiger partial charge is 0.356 e. The van der Waals surface area contributed by atoms with Crippen LogP contribution in [0.3, 0.4) is 0 Å². The number of rotatable bonds is 2. The molecule has 4 aromatic carbocycles. The minimum atomic E-state index is -0.0919. The van der Waals surface area contributed by atoms with Crippen LogP contribution in [-0.4, -0.2) is 13.0 Å². The molecule has 2 heteroatoms. The van der Waals surface area contributed by atoms with E-state index in [1.807, 2.05) is 6.08 Å². The van der Waals surface area contributed by atoms with E-state index >= 15 is 0 Å². The molecule has 0 aliphatic carbocycles. The highest BCUT2D eigenvalue weighted by molar-refractivity contribution is 6.24. The van der Waals surface area contributed by atoms with Gasteiger partial charge in [-0.25, -0.2) is 0 Å². The Bertz CT molecular complexity index is 1010. The number of nitrogens with one attached hydrogen (secondary N) is 1. The number of carbonyl (C=O) groups excluding carboxylic acids is 1. The molecule has 0 aliphatic rings. The summed E-state index contributed by atoms with van der Waals surface area (Å²) < 4.78 is 0. The van der Waals surface area contributed by atoms with Gasteiger partial charge in [0.2, 0.25) is 5.91 Å². The molecule has 0 aromatic heterocycles. The molecule has 22 heavy (non-hydrogen) atoms. The van der Waals surface area contributed by atoms with Crippen LogP contribution in [0.1, 0.15) is 5.56 Å². The number of hydrogen-bond acceptors (Lipinski definition) is 1. The highest BCUT2D eigenvalue weighted by Gasteiger charge is 2.09. The lowest BCUT2D eigenvalue weighted by molar-refractivity contribution is -0.115. The lowest BCUT2D eigenvalue weighted by Crippen LogP contribution is -2.13. The molecule has 0 bridgehead atoms. The maximum atomic E-state index is 11.5. The van der Waals surface area contributed by atoms with Crippen molar-refractivity contribution >= 4 is 44.3 Å². The number of carbonyl (C=O) groups is 1. The van der Waals surface area contributed by atoms with Crippen molar-refractivity contribution in [2.75, 3.05) is 7.05 Å².